The van der Waals surface area contributed by atoms with E-state index in [1.807, 2.05) is 18.2 Å². The molecule has 0 bridgehead atoms. The van der Waals surface area contributed by atoms with Crippen molar-refractivity contribution in [2.75, 3.05) is 39.6 Å². The number of hydrogen-bond donors (Lipinski definition) is 3. The smallest absolute Gasteiger partial charge is 0.462 e. The first kappa shape index (κ1) is 100. The van der Waals surface area contributed by atoms with Crippen LogP contribution in [0.2, 0.25) is 0 Å². The highest BCUT2D eigenvalue weighted by Crippen LogP contribution is 2.45. The highest BCUT2D eigenvalue weighted by Gasteiger charge is 2.30. The zero-order valence-corrected chi connectivity index (χ0v) is 67.6. The molecule has 0 aliphatic carbocycles. The van der Waals surface area contributed by atoms with Crippen molar-refractivity contribution in [1.82, 2.24) is 0 Å². The molecule has 0 saturated heterocycles. The summed E-state index contributed by atoms with van der Waals surface area (Å²) in [6, 6.07) is 0. The van der Waals surface area contributed by atoms with Gasteiger partial charge in [0.15, 0.2) is 12.2 Å². The van der Waals surface area contributed by atoms with E-state index in [0.717, 1.165) is 205 Å². The van der Waals surface area contributed by atoms with Crippen molar-refractivity contribution in [2.24, 2.45) is 0 Å². The van der Waals surface area contributed by atoms with Crippen LogP contribution in [0.15, 0.2) is 170 Å². The van der Waals surface area contributed by atoms with Crippen LogP contribution in [-0.4, -0.2) is 96.7 Å². The van der Waals surface area contributed by atoms with Crippen molar-refractivity contribution < 1.29 is 80.2 Å². The highest BCUT2D eigenvalue weighted by atomic mass is 31.2. The van der Waals surface area contributed by atoms with Crippen molar-refractivity contribution in [3.05, 3.63) is 170 Å². The maximum absolute atomic E-state index is 13.1. The number of rotatable bonds is 74. The first-order valence-corrected chi connectivity index (χ1v) is 43.4. The summed E-state index contributed by atoms with van der Waals surface area (Å²) in [6.07, 6.45) is 92.0. The van der Waals surface area contributed by atoms with Gasteiger partial charge in [-0.3, -0.25) is 37.3 Å². The van der Waals surface area contributed by atoms with Crippen LogP contribution in [0, 0.1) is 0 Å². The maximum Gasteiger partial charge on any atom is 0.472 e. The largest absolute Gasteiger partial charge is 0.472 e. The van der Waals surface area contributed by atoms with E-state index < -0.39 is 97.5 Å². The minimum absolute atomic E-state index is 0.0297. The van der Waals surface area contributed by atoms with Crippen LogP contribution in [-0.2, 0) is 65.4 Å². The molecule has 0 aromatic rings. The maximum atomic E-state index is 13.1. The van der Waals surface area contributed by atoms with Crippen LogP contribution in [0.5, 0.6) is 0 Å². The van der Waals surface area contributed by atoms with Gasteiger partial charge in [0.2, 0.25) is 0 Å². The van der Waals surface area contributed by atoms with E-state index in [2.05, 4.69) is 180 Å². The van der Waals surface area contributed by atoms with Crippen molar-refractivity contribution in [3.63, 3.8) is 0 Å². The molecule has 17 nitrogen and oxygen atoms in total. The molecule has 0 saturated carbocycles. The van der Waals surface area contributed by atoms with E-state index in [9.17, 15) is 43.2 Å². The minimum Gasteiger partial charge on any atom is -0.462 e. The standard InChI is InChI=1S/C87H142O17P2/c1-5-9-13-17-21-25-29-32-35-38-40-43-45-48-52-55-59-63-67-71-84(89)97-77-82(103-86(91)73-69-65-61-57-51-28-24-20-16-12-8-4)79-101-105(93,94)99-75-81(88)76-100-106(95,96)102-80-83(104-87(92)74-70-66-62-58-54-50-47-42-37-34-31-27-23-19-15-11-7-3)78-98-85(90)72-68-64-60-56-53-49-46-44-41-39-36-33-30-26-22-18-14-10-6-2/h9-11,13-15,20-27,32-37,40-41,43-44,48,52,59,63,81-83,88H,5-8,12,16-19,28-31,38-39,42,45-47,49-51,53-58,60-62,64-80H2,1-4H3,(H,93,94)(H,95,96)/b13-9-,14-10-,15-11-,24-20-,25-21-,26-22-,27-23-,35-32-,36-33-,37-34-,43-40-,44-41-,52-48-,63-59-. The van der Waals surface area contributed by atoms with Gasteiger partial charge in [0.25, 0.3) is 0 Å². The predicted molar refractivity (Wildman–Crippen MR) is 436 cm³/mol. The Morgan fingerprint density at radius 3 is 0.821 bits per heavy atom. The van der Waals surface area contributed by atoms with Crippen LogP contribution in [0.3, 0.4) is 0 Å². The van der Waals surface area contributed by atoms with E-state index in [-0.39, 0.29) is 25.7 Å². The van der Waals surface area contributed by atoms with Crippen LogP contribution >= 0.6 is 15.6 Å². The lowest BCUT2D eigenvalue weighted by molar-refractivity contribution is -0.161. The number of aliphatic hydroxyl groups is 1. The monoisotopic (exact) mass is 1520 g/mol. The van der Waals surface area contributed by atoms with Crippen LogP contribution in [0.4, 0.5) is 0 Å². The van der Waals surface area contributed by atoms with Gasteiger partial charge in [-0.15, -0.1) is 0 Å². The first-order chi connectivity index (χ1) is 51.7. The topological polar surface area (TPSA) is 237 Å². The zero-order chi connectivity index (χ0) is 77.4. The van der Waals surface area contributed by atoms with Gasteiger partial charge in [0.1, 0.15) is 19.3 Å². The number of unbranched alkanes of at least 4 members (excludes halogenated alkanes) is 20. The third kappa shape index (κ3) is 76.6. The highest BCUT2D eigenvalue weighted by molar-refractivity contribution is 7.47. The predicted octanol–water partition coefficient (Wildman–Crippen LogP) is 23.8. The Morgan fingerprint density at radius 1 is 0.274 bits per heavy atom. The van der Waals surface area contributed by atoms with Gasteiger partial charge >= 0.3 is 39.5 Å². The van der Waals surface area contributed by atoms with Crippen molar-refractivity contribution in [3.8, 4) is 0 Å². The van der Waals surface area contributed by atoms with Gasteiger partial charge < -0.3 is 33.8 Å². The lowest BCUT2D eigenvalue weighted by Gasteiger charge is -2.21. The van der Waals surface area contributed by atoms with Gasteiger partial charge in [0.05, 0.1) is 26.4 Å². The summed E-state index contributed by atoms with van der Waals surface area (Å²) in [6.45, 7) is 4.37. The summed E-state index contributed by atoms with van der Waals surface area (Å²) >= 11 is 0. The molecule has 3 N–H and O–H groups in total. The molecule has 19 heteroatoms. The second kappa shape index (κ2) is 77.6. The molecule has 602 valence electrons. The molecule has 0 radical (unpaired) electrons. The van der Waals surface area contributed by atoms with E-state index in [1.165, 1.54) is 6.42 Å². The number of phosphoric acid groups is 2. The molecule has 0 rings (SSSR count). The van der Waals surface area contributed by atoms with E-state index in [4.69, 9.17) is 37.0 Å². The number of aliphatic hydroxyl groups excluding tert-OH is 1. The quantitative estimate of drug-likeness (QED) is 0.0169. The number of ether oxygens (including phenoxy) is 4. The number of phosphoric ester groups is 2. The Hall–Kier alpha value is -5.58. The summed E-state index contributed by atoms with van der Waals surface area (Å²) in [4.78, 5) is 73.0. The molecular weight excluding hydrogens is 1380 g/mol. The third-order valence-electron chi connectivity index (χ3n) is 16.2. The second-order valence-electron chi connectivity index (χ2n) is 26.2. The summed E-state index contributed by atoms with van der Waals surface area (Å²) in [7, 11) is -10.00. The van der Waals surface area contributed by atoms with E-state index in [0.29, 0.717) is 32.1 Å². The van der Waals surface area contributed by atoms with Gasteiger partial charge in [-0.2, -0.15) is 0 Å². The van der Waals surface area contributed by atoms with Crippen molar-refractivity contribution in [2.45, 2.75) is 316 Å². The fourth-order valence-electron chi connectivity index (χ4n) is 10.1. The Balaban J connectivity index is 5.42. The van der Waals surface area contributed by atoms with Crippen LogP contribution in [0.25, 0.3) is 0 Å². The Labute approximate surface area is 642 Å². The van der Waals surface area contributed by atoms with Crippen molar-refractivity contribution >= 4 is 39.5 Å². The molecule has 0 aromatic heterocycles. The molecule has 0 aromatic carbocycles. The zero-order valence-electron chi connectivity index (χ0n) is 65.8. The van der Waals surface area contributed by atoms with Gasteiger partial charge in [-0.1, -0.05) is 288 Å². The second-order valence-corrected chi connectivity index (χ2v) is 29.1. The molecule has 5 atom stereocenters. The fraction of sp³-hybridized carbons (Fsp3) is 0.632. The van der Waals surface area contributed by atoms with Gasteiger partial charge in [-0.25, -0.2) is 9.13 Å². The number of carbonyl (C=O) groups excluding carboxylic acids is 4. The summed E-state index contributed by atoms with van der Waals surface area (Å²) in [5.74, 6) is -2.32. The van der Waals surface area contributed by atoms with Crippen LogP contribution < -0.4 is 0 Å². The summed E-state index contributed by atoms with van der Waals surface area (Å²) in [5, 5.41) is 10.6. The van der Waals surface area contributed by atoms with E-state index in [1.54, 1.807) is 0 Å². The fourth-order valence-corrected chi connectivity index (χ4v) is 11.7. The lowest BCUT2D eigenvalue weighted by atomic mass is 10.1. The summed E-state index contributed by atoms with van der Waals surface area (Å²) in [5.41, 5.74) is 0. The molecule has 5 unspecified atom stereocenters. The lowest BCUT2D eigenvalue weighted by Crippen LogP contribution is -2.30. The SMILES string of the molecule is CC/C=C\C/C=C\C/C=C\C/C=C\C/C=C\C/C=C\CCC(=O)OCC(COP(=O)(O)OCC(O)COP(=O)(O)OCC(COC(=O)CCCCCCCC/C=C\C/C=C\C/C=C\C/C=C\CC)OC(=O)CCCCCCCCC/C=C\C/C=C\C/C=C\CC)OC(=O)CCCCCCC/C=C\CCCC. The number of allylic oxidation sites excluding steroid dienone is 28. The van der Waals surface area contributed by atoms with Crippen LogP contribution in [0.1, 0.15) is 297 Å². The normalized spacial score (nSPS) is 14.7. The molecule has 106 heavy (non-hydrogen) atoms. The van der Waals surface area contributed by atoms with Gasteiger partial charge in [-0.05, 0) is 154 Å². The molecule has 0 aliphatic rings. The van der Waals surface area contributed by atoms with E-state index >= 15 is 0 Å². The Morgan fingerprint density at radius 2 is 0.509 bits per heavy atom. The average Bonchev–Trinajstić information content (AvgIpc) is 0.901. The molecule has 0 fully saturated rings. The Kier molecular flexibility index (Phi) is 73.5. The average molecular weight is 1520 g/mol. The first-order valence-electron chi connectivity index (χ1n) is 40.4. The van der Waals surface area contributed by atoms with Crippen molar-refractivity contribution in [1.29, 1.82) is 0 Å². The molecule has 0 aliphatic heterocycles. The van der Waals surface area contributed by atoms with Gasteiger partial charge in [0, 0.05) is 25.7 Å². The summed E-state index contributed by atoms with van der Waals surface area (Å²) < 4.78 is 68.5. The number of carbonyl (C=O) groups is 4. The molecule has 0 amide bonds. The minimum atomic E-state index is -5.00. The number of esters is 4. The third-order valence-corrected chi connectivity index (χ3v) is 18.1. The molecule has 0 heterocycles. The number of hydrogen-bond acceptors (Lipinski definition) is 15. The molecular formula is C87H142O17P2. The Bertz CT molecular complexity index is 2680. The molecule has 0 spiro atoms.